The molecule has 1 N–H and O–H groups in total. The van der Waals surface area contributed by atoms with E-state index in [0.29, 0.717) is 0 Å². The van der Waals surface area contributed by atoms with Gasteiger partial charge in [0.2, 0.25) is 0 Å². The smallest absolute Gasteiger partial charge is 0.298 e. The van der Waals surface area contributed by atoms with E-state index in [1.807, 2.05) is 6.07 Å². The minimum absolute atomic E-state index is 0.00203. The van der Waals surface area contributed by atoms with Crippen LogP contribution < -0.4 is 0 Å². The Bertz CT molecular complexity index is 450. The lowest BCUT2D eigenvalue weighted by molar-refractivity contribution is -0.217. The summed E-state index contributed by atoms with van der Waals surface area (Å²) in [7, 11) is 0. The summed E-state index contributed by atoms with van der Waals surface area (Å²) in [4.78, 5) is 0. The molecule has 0 amide bonds. The summed E-state index contributed by atoms with van der Waals surface area (Å²) in [5, 5.41) is 8.93. The van der Waals surface area contributed by atoms with E-state index in [9.17, 15) is 8.78 Å². The van der Waals surface area contributed by atoms with Crippen molar-refractivity contribution in [2.75, 3.05) is 13.2 Å². The molecule has 0 radical (unpaired) electrons. The molecule has 1 aliphatic rings. The Morgan fingerprint density at radius 2 is 2.05 bits per heavy atom. The van der Waals surface area contributed by atoms with E-state index in [0.717, 1.165) is 5.56 Å². The van der Waals surface area contributed by atoms with Crippen molar-refractivity contribution in [1.82, 2.24) is 0 Å². The molecule has 1 fully saturated rings. The van der Waals surface area contributed by atoms with Crippen molar-refractivity contribution < 1.29 is 28.1 Å². The Labute approximate surface area is 122 Å². The Kier molecular flexibility index (Phi) is 4.93. The van der Waals surface area contributed by atoms with Crippen molar-refractivity contribution in [3.63, 3.8) is 0 Å². The topological polar surface area (TPSA) is 47.9 Å². The fraction of sp³-hybridized carbons (Fsp3) is 0.600. The van der Waals surface area contributed by atoms with Crippen LogP contribution in [0.15, 0.2) is 30.3 Å². The number of hydrogen-bond acceptors (Lipinski definition) is 4. The molecule has 1 saturated heterocycles. The first kappa shape index (κ1) is 16.3. The minimum atomic E-state index is -3.40. The quantitative estimate of drug-likeness (QED) is 0.876. The molecule has 0 spiro atoms. The highest BCUT2D eigenvalue weighted by atomic mass is 19.3. The van der Waals surface area contributed by atoms with Gasteiger partial charge in [-0.25, -0.2) is 8.78 Å². The third-order valence-electron chi connectivity index (χ3n) is 3.27. The number of rotatable bonds is 6. The number of benzene rings is 1. The molecular weight excluding hydrogens is 282 g/mol. The van der Waals surface area contributed by atoms with Crippen molar-refractivity contribution in [3.8, 4) is 0 Å². The highest BCUT2D eigenvalue weighted by Gasteiger charge is 2.50. The Morgan fingerprint density at radius 1 is 1.38 bits per heavy atom. The average Bonchev–Trinajstić information content (AvgIpc) is 2.80. The molecule has 1 aliphatic heterocycles. The number of ether oxygens (including phenoxy) is 3. The van der Waals surface area contributed by atoms with Gasteiger partial charge in [0, 0.05) is 0 Å². The molecule has 0 aliphatic carbocycles. The van der Waals surface area contributed by atoms with E-state index in [2.05, 4.69) is 0 Å². The fourth-order valence-corrected chi connectivity index (χ4v) is 2.22. The SMILES string of the molecule is CC1(C)OC[C@H]([C@@H](OCc2ccccc2)C(F)(F)CO)O1. The highest BCUT2D eigenvalue weighted by Crippen LogP contribution is 2.33. The molecule has 4 nitrogen and oxygen atoms in total. The Morgan fingerprint density at radius 3 is 2.57 bits per heavy atom. The summed E-state index contributed by atoms with van der Waals surface area (Å²) < 4.78 is 43.9. The van der Waals surface area contributed by atoms with Gasteiger partial charge in [0.05, 0.1) is 13.2 Å². The van der Waals surface area contributed by atoms with Crippen LogP contribution in [0.2, 0.25) is 0 Å². The summed E-state index contributed by atoms with van der Waals surface area (Å²) in [6.07, 6.45) is -2.49. The molecule has 0 bridgehead atoms. The molecule has 1 aromatic carbocycles. The van der Waals surface area contributed by atoms with Crippen LogP contribution in [-0.4, -0.2) is 42.2 Å². The summed E-state index contributed by atoms with van der Waals surface area (Å²) in [6.45, 7) is 2.02. The van der Waals surface area contributed by atoms with E-state index < -0.39 is 30.5 Å². The van der Waals surface area contributed by atoms with Crippen LogP contribution in [0.3, 0.4) is 0 Å². The maximum atomic E-state index is 13.9. The van der Waals surface area contributed by atoms with Crippen LogP contribution in [-0.2, 0) is 20.8 Å². The largest absolute Gasteiger partial charge is 0.390 e. The van der Waals surface area contributed by atoms with Gasteiger partial charge in [-0.3, -0.25) is 0 Å². The summed E-state index contributed by atoms with van der Waals surface area (Å²) in [5.74, 6) is -4.33. The molecule has 6 heteroatoms. The van der Waals surface area contributed by atoms with Gasteiger partial charge in [0.25, 0.3) is 5.92 Å². The van der Waals surface area contributed by atoms with E-state index in [1.54, 1.807) is 38.1 Å². The van der Waals surface area contributed by atoms with E-state index in [-0.39, 0.29) is 13.2 Å². The highest BCUT2D eigenvalue weighted by molar-refractivity contribution is 5.13. The van der Waals surface area contributed by atoms with Crippen LogP contribution in [0.1, 0.15) is 19.4 Å². The first-order valence-electron chi connectivity index (χ1n) is 6.80. The first-order valence-corrected chi connectivity index (χ1v) is 6.80. The fourth-order valence-electron chi connectivity index (χ4n) is 2.22. The van der Waals surface area contributed by atoms with E-state index in [1.165, 1.54) is 0 Å². The summed E-state index contributed by atoms with van der Waals surface area (Å²) >= 11 is 0. The summed E-state index contributed by atoms with van der Waals surface area (Å²) in [6, 6.07) is 9.00. The van der Waals surface area contributed by atoms with Gasteiger partial charge >= 0.3 is 0 Å². The van der Waals surface area contributed by atoms with Gasteiger partial charge in [-0.05, 0) is 19.4 Å². The van der Waals surface area contributed by atoms with Crippen LogP contribution in [0.5, 0.6) is 0 Å². The first-order chi connectivity index (χ1) is 9.84. The van der Waals surface area contributed by atoms with Gasteiger partial charge in [-0.2, -0.15) is 0 Å². The van der Waals surface area contributed by atoms with Crippen molar-refractivity contribution in [1.29, 1.82) is 0 Å². The molecule has 1 aromatic rings. The van der Waals surface area contributed by atoms with Crippen molar-refractivity contribution in [2.24, 2.45) is 0 Å². The van der Waals surface area contributed by atoms with Crippen LogP contribution in [0, 0.1) is 0 Å². The number of aliphatic hydroxyl groups excluding tert-OH is 1. The second-order valence-electron chi connectivity index (χ2n) is 5.50. The monoisotopic (exact) mass is 302 g/mol. The molecule has 2 rings (SSSR count). The number of aliphatic hydroxyl groups is 1. The predicted octanol–water partition coefficient (Wildman–Crippen LogP) is 2.35. The molecule has 0 saturated carbocycles. The number of halogens is 2. The minimum Gasteiger partial charge on any atom is -0.390 e. The lowest BCUT2D eigenvalue weighted by Gasteiger charge is -2.30. The molecule has 21 heavy (non-hydrogen) atoms. The third kappa shape index (κ3) is 4.20. The van der Waals surface area contributed by atoms with Crippen molar-refractivity contribution in [3.05, 3.63) is 35.9 Å². The van der Waals surface area contributed by atoms with E-state index >= 15 is 0 Å². The predicted molar refractivity (Wildman–Crippen MR) is 72.0 cm³/mol. The van der Waals surface area contributed by atoms with Gasteiger partial charge < -0.3 is 19.3 Å². The lowest BCUT2D eigenvalue weighted by Crippen LogP contribution is -2.48. The Hall–Kier alpha value is -1.08. The molecule has 1 heterocycles. The zero-order chi connectivity index (χ0) is 15.5. The number of alkyl halides is 2. The average molecular weight is 302 g/mol. The van der Waals surface area contributed by atoms with Crippen molar-refractivity contribution in [2.45, 2.75) is 44.4 Å². The maximum absolute atomic E-state index is 13.9. The van der Waals surface area contributed by atoms with Gasteiger partial charge in [-0.15, -0.1) is 0 Å². The molecular formula is C15H20F2O4. The lowest BCUT2D eigenvalue weighted by atomic mass is 10.1. The van der Waals surface area contributed by atoms with Gasteiger partial charge in [0.15, 0.2) is 11.9 Å². The van der Waals surface area contributed by atoms with Crippen LogP contribution >= 0.6 is 0 Å². The van der Waals surface area contributed by atoms with Crippen LogP contribution in [0.25, 0.3) is 0 Å². The third-order valence-corrected chi connectivity index (χ3v) is 3.27. The molecule has 2 atom stereocenters. The second-order valence-corrected chi connectivity index (χ2v) is 5.50. The molecule has 0 unspecified atom stereocenters. The summed E-state index contributed by atoms with van der Waals surface area (Å²) in [5.41, 5.74) is 0.773. The van der Waals surface area contributed by atoms with E-state index in [4.69, 9.17) is 19.3 Å². The molecule has 118 valence electrons. The maximum Gasteiger partial charge on any atom is 0.298 e. The zero-order valence-corrected chi connectivity index (χ0v) is 12.1. The second kappa shape index (κ2) is 6.36. The van der Waals surface area contributed by atoms with Crippen LogP contribution in [0.4, 0.5) is 8.78 Å². The van der Waals surface area contributed by atoms with Crippen molar-refractivity contribution >= 4 is 0 Å². The standard InChI is InChI=1S/C15H20F2O4/c1-14(2)20-9-12(21-14)13(15(16,17)10-18)19-8-11-6-4-3-5-7-11/h3-7,12-13,18H,8-10H2,1-2H3/t12-,13-/m1/s1. The zero-order valence-electron chi connectivity index (χ0n) is 12.1. The number of hydrogen-bond donors (Lipinski definition) is 1. The normalized spacial score (nSPS) is 23.2. The van der Waals surface area contributed by atoms with Gasteiger partial charge in [0.1, 0.15) is 12.7 Å². The Balaban J connectivity index is 2.06. The molecule has 0 aromatic heterocycles. The van der Waals surface area contributed by atoms with Gasteiger partial charge in [-0.1, -0.05) is 30.3 Å².